The number of phenols is 2. The molecule has 30 heavy (non-hydrogen) atoms. The topological polar surface area (TPSA) is 109 Å². The van der Waals surface area contributed by atoms with Crippen LogP contribution < -0.4 is 14.9 Å². The Morgan fingerprint density at radius 1 is 1.13 bits per heavy atom. The number of fused-ring (bicyclic) bond motifs is 1. The summed E-state index contributed by atoms with van der Waals surface area (Å²) in [4.78, 5) is 13.2. The first-order valence-electron chi connectivity index (χ1n) is 9.43. The molecular weight excluding hydrogens is 388 g/mol. The van der Waals surface area contributed by atoms with Gasteiger partial charge >= 0.3 is 0 Å². The van der Waals surface area contributed by atoms with E-state index in [0.717, 1.165) is 11.6 Å². The molecule has 1 heterocycles. The molecule has 0 saturated carbocycles. The summed E-state index contributed by atoms with van der Waals surface area (Å²) in [6.45, 7) is 3.41. The summed E-state index contributed by atoms with van der Waals surface area (Å²) in [7, 11) is 1.54. The van der Waals surface area contributed by atoms with Crippen LogP contribution in [0, 0.1) is 0 Å². The van der Waals surface area contributed by atoms with Crippen molar-refractivity contribution in [1.82, 2.24) is 0 Å². The van der Waals surface area contributed by atoms with E-state index in [2.05, 4.69) is 0 Å². The molecule has 7 nitrogen and oxygen atoms in total. The van der Waals surface area contributed by atoms with Gasteiger partial charge < -0.3 is 29.2 Å². The maximum absolute atomic E-state index is 13.2. The zero-order valence-electron chi connectivity index (χ0n) is 17.1. The number of hydrogen-bond donors (Lipinski definition) is 3. The van der Waals surface area contributed by atoms with Crippen LogP contribution in [0.1, 0.15) is 19.4 Å². The highest BCUT2D eigenvalue weighted by Crippen LogP contribution is 2.39. The molecule has 0 aliphatic heterocycles. The second-order valence-corrected chi connectivity index (χ2v) is 6.97. The molecule has 0 fully saturated rings. The van der Waals surface area contributed by atoms with Crippen molar-refractivity contribution in [3.63, 3.8) is 0 Å². The lowest BCUT2D eigenvalue weighted by Gasteiger charge is -2.14. The molecule has 0 bridgehead atoms. The molecular formula is C23H24O7. The van der Waals surface area contributed by atoms with Gasteiger partial charge in [-0.15, -0.1) is 0 Å². The summed E-state index contributed by atoms with van der Waals surface area (Å²) in [6, 6.07) is 7.94. The van der Waals surface area contributed by atoms with Gasteiger partial charge in [0.25, 0.3) is 0 Å². The third-order valence-electron chi connectivity index (χ3n) is 4.59. The lowest BCUT2D eigenvalue weighted by molar-refractivity contribution is 0.199. The van der Waals surface area contributed by atoms with Crippen LogP contribution in [-0.4, -0.2) is 35.6 Å². The van der Waals surface area contributed by atoms with E-state index in [1.807, 2.05) is 19.9 Å². The summed E-state index contributed by atoms with van der Waals surface area (Å²) in [6.07, 6.45) is 2.20. The van der Waals surface area contributed by atoms with Crippen LogP contribution in [0.3, 0.4) is 0 Å². The number of aliphatic hydroxyl groups is 1. The molecule has 2 aromatic carbocycles. The van der Waals surface area contributed by atoms with E-state index in [1.165, 1.54) is 0 Å². The molecule has 0 amide bonds. The highest BCUT2D eigenvalue weighted by atomic mass is 16.5. The Hall–Kier alpha value is -3.45. The van der Waals surface area contributed by atoms with Gasteiger partial charge in [0, 0.05) is 17.2 Å². The van der Waals surface area contributed by atoms with E-state index in [4.69, 9.17) is 19.0 Å². The van der Waals surface area contributed by atoms with Crippen molar-refractivity contribution in [3.8, 4) is 34.3 Å². The van der Waals surface area contributed by atoms with Crippen LogP contribution in [0.4, 0.5) is 0 Å². The van der Waals surface area contributed by atoms with Gasteiger partial charge in [-0.3, -0.25) is 4.79 Å². The van der Waals surface area contributed by atoms with Crippen molar-refractivity contribution in [1.29, 1.82) is 0 Å². The minimum Gasteiger partial charge on any atom is -0.507 e. The van der Waals surface area contributed by atoms with Crippen molar-refractivity contribution >= 4 is 11.0 Å². The van der Waals surface area contributed by atoms with Crippen LogP contribution in [0.2, 0.25) is 0 Å². The molecule has 7 heteroatoms. The predicted molar refractivity (Wildman–Crippen MR) is 114 cm³/mol. The lowest BCUT2D eigenvalue weighted by Crippen LogP contribution is -2.13. The maximum atomic E-state index is 13.2. The number of phenolic OH excluding ortho intramolecular Hbond substituents is 2. The Labute approximate surface area is 173 Å². The molecule has 0 unspecified atom stereocenters. The van der Waals surface area contributed by atoms with Gasteiger partial charge in [0.05, 0.1) is 13.7 Å². The smallest absolute Gasteiger partial charge is 0.239 e. The zero-order chi connectivity index (χ0) is 21.8. The molecule has 0 spiro atoms. The van der Waals surface area contributed by atoms with Crippen molar-refractivity contribution in [2.45, 2.75) is 20.3 Å². The molecule has 158 valence electrons. The SMILES string of the molecule is COc1ccc(-c2oc3c(CC=C(C)C)c(O)cc(O)c3c(=O)c2OCCO)cc1. The number of hydrogen-bond acceptors (Lipinski definition) is 7. The van der Waals surface area contributed by atoms with Gasteiger partial charge in [0.15, 0.2) is 5.76 Å². The molecule has 1 aromatic heterocycles. The van der Waals surface area contributed by atoms with E-state index < -0.39 is 11.2 Å². The molecule has 0 aliphatic rings. The Bertz CT molecular complexity index is 1140. The van der Waals surface area contributed by atoms with E-state index in [9.17, 15) is 15.0 Å². The fourth-order valence-corrected chi connectivity index (χ4v) is 3.08. The number of benzene rings is 2. The second-order valence-electron chi connectivity index (χ2n) is 6.97. The largest absolute Gasteiger partial charge is 0.507 e. The van der Waals surface area contributed by atoms with E-state index in [-0.39, 0.29) is 41.4 Å². The molecule has 0 radical (unpaired) electrons. The Kier molecular flexibility index (Phi) is 6.32. The Morgan fingerprint density at radius 2 is 1.83 bits per heavy atom. The molecule has 3 rings (SSSR count). The number of aromatic hydroxyl groups is 2. The molecule has 3 aromatic rings. The first-order chi connectivity index (χ1) is 14.4. The lowest BCUT2D eigenvalue weighted by atomic mass is 10.0. The predicted octanol–water partition coefficient (Wildman–Crippen LogP) is 3.76. The van der Waals surface area contributed by atoms with E-state index >= 15 is 0 Å². The number of ether oxygens (including phenoxy) is 2. The normalized spacial score (nSPS) is 10.8. The summed E-state index contributed by atoms with van der Waals surface area (Å²) in [5.41, 5.74) is 1.43. The fraction of sp³-hybridized carbons (Fsp3) is 0.261. The molecule has 0 atom stereocenters. The number of methoxy groups -OCH3 is 1. The highest BCUT2D eigenvalue weighted by molar-refractivity contribution is 5.91. The third-order valence-corrected chi connectivity index (χ3v) is 4.59. The van der Waals surface area contributed by atoms with Crippen LogP contribution in [0.25, 0.3) is 22.3 Å². The minimum absolute atomic E-state index is 0.0807. The second kappa shape index (κ2) is 8.92. The van der Waals surface area contributed by atoms with Gasteiger partial charge in [0.1, 0.15) is 34.8 Å². The Morgan fingerprint density at radius 3 is 2.43 bits per heavy atom. The molecule has 3 N–H and O–H groups in total. The summed E-state index contributed by atoms with van der Waals surface area (Å²) < 4.78 is 16.7. The van der Waals surface area contributed by atoms with Crippen molar-refractivity contribution in [3.05, 3.63) is 57.8 Å². The van der Waals surface area contributed by atoms with Gasteiger partial charge in [0.2, 0.25) is 11.2 Å². The van der Waals surface area contributed by atoms with Crippen molar-refractivity contribution < 1.29 is 29.2 Å². The minimum atomic E-state index is -0.591. The summed E-state index contributed by atoms with van der Waals surface area (Å²) in [5, 5.41) is 29.8. The van der Waals surface area contributed by atoms with Crippen LogP contribution in [0.15, 0.2) is 51.2 Å². The maximum Gasteiger partial charge on any atom is 0.239 e. The van der Waals surface area contributed by atoms with Gasteiger partial charge in [-0.25, -0.2) is 0 Å². The van der Waals surface area contributed by atoms with Crippen LogP contribution in [-0.2, 0) is 6.42 Å². The van der Waals surface area contributed by atoms with Crippen LogP contribution in [0.5, 0.6) is 23.0 Å². The van der Waals surface area contributed by atoms with Gasteiger partial charge in [-0.1, -0.05) is 11.6 Å². The standard InChI is InChI=1S/C23H24O7/c1-13(2)4-9-16-17(25)12-18(26)19-20(27)23(29-11-10-24)21(30-22(16)19)14-5-7-15(28-3)8-6-14/h4-8,12,24-26H,9-11H2,1-3H3. The summed E-state index contributed by atoms with van der Waals surface area (Å²) >= 11 is 0. The monoisotopic (exact) mass is 412 g/mol. The van der Waals surface area contributed by atoms with Crippen molar-refractivity contribution in [2.24, 2.45) is 0 Å². The molecule has 0 aliphatic carbocycles. The quantitative estimate of drug-likeness (QED) is 0.507. The third kappa shape index (κ3) is 4.11. The highest BCUT2D eigenvalue weighted by Gasteiger charge is 2.23. The van der Waals surface area contributed by atoms with Gasteiger partial charge in [-0.2, -0.15) is 0 Å². The number of aliphatic hydroxyl groups excluding tert-OH is 1. The fourth-order valence-electron chi connectivity index (χ4n) is 3.08. The number of allylic oxidation sites excluding steroid dienone is 2. The van der Waals surface area contributed by atoms with E-state index in [1.54, 1.807) is 31.4 Å². The first-order valence-corrected chi connectivity index (χ1v) is 9.43. The number of rotatable bonds is 7. The average Bonchev–Trinajstić information content (AvgIpc) is 2.72. The summed E-state index contributed by atoms with van der Waals surface area (Å²) in [5.74, 6) is 0.0415. The first kappa shape index (κ1) is 21.3. The Balaban J connectivity index is 2.35. The van der Waals surface area contributed by atoms with Crippen LogP contribution >= 0.6 is 0 Å². The molecule has 0 saturated heterocycles. The van der Waals surface area contributed by atoms with Crippen molar-refractivity contribution in [2.75, 3.05) is 20.3 Å². The zero-order valence-corrected chi connectivity index (χ0v) is 17.1. The van der Waals surface area contributed by atoms with E-state index in [0.29, 0.717) is 23.3 Å². The average molecular weight is 412 g/mol. The van der Waals surface area contributed by atoms with Gasteiger partial charge in [-0.05, 0) is 44.5 Å².